The van der Waals surface area contributed by atoms with Gasteiger partial charge in [-0.05, 0) is 81.0 Å². The van der Waals surface area contributed by atoms with Crippen molar-refractivity contribution < 1.29 is 10.2 Å². The summed E-state index contributed by atoms with van der Waals surface area (Å²) < 4.78 is 0. The lowest BCUT2D eigenvalue weighted by Crippen LogP contribution is -2.45. The number of allylic oxidation sites excluding steroid dienone is 1. The molecule has 4 rings (SSSR count). The molecule has 0 aromatic rings. The molecule has 2 nitrogen and oxygen atoms in total. The third-order valence-electron chi connectivity index (χ3n) is 7.30. The monoisotopic (exact) mass is 276 g/mol. The fourth-order valence-electron chi connectivity index (χ4n) is 6.16. The largest absolute Gasteiger partial charge is 0.393 e. The van der Waals surface area contributed by atoms with E-state index in [9.17, 15) is 10.2 Å². The Kier molecular flexibility index (Phi) is 3.05. The molecule has 112 valence electrons. The Hall–Kier alpha value is -0.340. The van der Waals surface area contributed by atoms with Crippen molar-refractivity contribution in [1.82, 2.24) is 0 Å². The van der Waals surface area contributed by atoms with E-state index >= 15 is 0 Å². The summed E-state index contributed by atoms with van der Waals surface area (Å²) in [5.74, 6) is 2.35. The van der Waals surface area contributed by atoms with Crippen LogP contribution in [0.25, 0.3) is 0 Å². The van der Waals surface area contributed by atoms with Crippen LogP contribution < -0.4 is 0 Å². The van der Waals surface area contributed by atoms with Gasteiger partial charge in [-0.15, -0.1) is 0 Å². The summed E-state index contributed by atoms with van der Waals surface area (Å²) in [5, 5.41) is 20.3. The van der Waals surface area contributed by atoms with E-state index in [1.807, 2.05) is 0 Å². The summed E-state index contributed by atoms with van der Waals surface area (Å²) >= 11 is 0. The average Bonchev–Trinajstić information content (AvgIpc) is 2.74. The lowest BCUT2D eigenvalue weighted by molar-refractivity contribution is -0.0326. The van der Waals surface area contributed by atoms with E-state index < -0.39 is 0 Å². The predicted octanol–water partition coefficient (Wildman–Crippen LogP) is 3.43. The molecule has 0 aliphatic heterocycles. The van der Waals surface area contributed by atoms with E-state index in [-0.39, 0.29) is 17.6 Å². The molecule has 0 bridgehead atoms. The lowest BCUT2D eigenvalue weighted by atomic mass is 9.54. The van der Waals surface area contributed by atoms with Crippen LogP contribution in [0.15, 0.2) is 11.1 Å². The number of fused-ring (bicyclic) bond motifs is 4. The second kappa shape index (κ2) is 4.58. The Morgan fingerprint density at radius 3 is 2.70 bits per heavy atom. The maximum absolute atomic E-state index is 10.4. The molecule has 0 aromatic carbocycles. The number of aliphatic hydroxyl groups excluding tert-OH is 2. The molecule has 0 amide bonds. The SMILES string of the molecule is C[C@]12CC[C@@H]3C4=C(CC[C@@H]3[C@@H]1CC[C@@H]2O)C[C@@H](O)CC4. The van der Waals surface area contributed by atoms with Crippen molar-refractivity contribution in [2.75, 3.05) is 0 Å². The van der Waals surface area contributed by atoms with Gasteiger partial charge in [-0.1, -0.05) is 18.1 Å². The molecule has 20 heavy (non-hydrogen) atoms. The van der Waals surface area contributed by atoms with Crippen molar-refractivity contribution in [3.8, 4) is 0 Å². The van der Waals surface area contributed by atoms with Crippen LogP contribution in [0.4, 0.5) is 0 Å². The van der Waals surface area contributed by atoms with Crippen LogP contribution in [0.1, 0.15) is 64.7 Å². The normalized spacial score (nSPS) is 51.5. The molecule has 2 fully saturated rings. The van der Waals surface area contributed by atoms with Crippen LogP contribution in [-0.4, -0.2) is 22.4 Å². The Labute approximate surface area is 122 Å². The first-order valence-corrected chi connectivity index (χ1v) is 8.66. The fraction of sp³-hybridized carbons (Fsp3) is 0.889. The molecule has 6 atom stereocenters. The topological polar surface area (TPSA) is 40.5 Å². The van der Waals surface area contributed by atoms with Gasteiger partial charge >= 0.3 is 0 Å². The first kappa shape index (κ1) is 13.3. The zero-order valence-electron chi connectivity index (χ0n) is 12.6. The smallest absolute Gasteiger partial charge is 0.0596 e. The van der Waals surface area contributed by atoms with Gasteiger partial charge in [0.25, 0.3) is 0 Å². The molecule has 0 spiro atoms. The Balaban J connectivity index is 1.64. The number of hydrogen-bond acceptors (Lipinski definition) is 2. The second-order valence-corrected chi connectivity index (χ2v) is 8.08. The molecule has 2 heteroatoms. The summed E-state index contributed by atoms with van der Waals surface area (Å²) in [6.45, 7) is 2.35. The fourth-order valence-corrected chi connectivity index (χ4v) is 6.16. The van der Waals surface area contributed by atoms with Crippen LogP contribution in [0.5, 0.6) is 0 Å². The van der Waals surface area contributed by atoms with Crippen molar-refractivity contribution in [3.63, 3.8) is 0 Å². The highest BCUT2D eigenvalue weighted by atomic mass is 16.3. The Morgan fingerprint density at radius 1 is 1.00 bits per heavy atom. The minimum atomic E-state index is -0.0764. The minimum absolute atomic E-state index is 0.0583. The third-order valence-corrected chi connectivity index (χ3v) is 7.30. The summed E-state index contributed by atoms with van der Waals surface area (Å²) in [7, 11) is 0. The lowest BCUT2D eigenvalue weighted by Gasteiger charge is -2.51. The zero-order chi connectivity index (χ0) is 13.9. The quantitative estimate of drug-likeness (QED) is 0.666. The van der Waals surface area contributed by atoms with E-state index in [0.717, 1.165) is 43.4 Å². The van der Waals surface area contributed by atoms with Crippen molar-refractivity contribution in [2.45, 2.75) is 76.9 Å². The highest BCUT2D eigenvalue weighted by Gasteiger charge is 2.54. The number of aliphatic hydroxyl groups is 2. The number of hydrogen-bond donors (Lipinski definition) is 2. The third kappa shape index (κ3) is 1.77. The van der Waals surface area contributed by atoms with Gasteiger partial charge in [-0.2, -0.15) is 0 Å². The van der Waals surface area contributed by atoms with Gasteiger partial charge in [-0.3, -0.25) is 0 Å². The molecule has 0 saturated heterocycles. The highest BCUT2D eigenvalue weighted by Crippen LogP contribution is 2.61. The van der Waals surface area contributed by atoms with Crippen molar-refractivity contribution in [1.29, 1.82) is 0 Å². The zero-order valence-corrected chi connectivity index (χ0v) is 12.6. The number of rotatable bonds is 0. The molecule has 0 radical (unpaired) electrons. The van der Waals surface area contributed by atoms with Crippen LogP contribution >= 0.6 is 0 Å². The van der Waals surface area contributed by atoms with Gasteiger partial charge in [0.2, 0.25) is 0 Å². The first-order chi connectivity index (χ1) is 9.59. The maximum atomic E-state index is 10.4. The van der Waals surface area contributed by atoms with Gasteiger partial charge in [0, 0.05) is 0 Å². The molecular weight excluding hydrogens is 248 g/mol. The van der Waals surface area contributed by atoms with Gasteiger partial charge < -0.3 is 10.2 Å². The van der Waals surface area contributed by atoms with Crippen LogP contribution in [0.3, 0.4) is 0 Å². The standard InChI is InChI=1S/C18H28O2/c1-18-9-8-14-13-5-3-12(19)10-11(13)2-4-15(14)16(18)6-7-17(18)20/h12,14-17,19-20H,2-10H2,1H3/t12-,14+,15-,16-,17-,18-/m0/s1. The van der Waals surface area contributed by atoms with E-state index in [1.54, 1.807) is 11.1 Å². The predicted molar refractivity (Wildman–Crippen MR) is 79.2 cm³/mol. The summed E-state index contributed by atoms with van der Waals surface area (Å²) in [6, 6.07) is 0. The van der Waals surface area contributed by atoms with Crippen molar-refractivity contribution >= 4 is 0 Å². The van der Waals surface area contributed by atoms with E-state index in [4.69, 9.17) is 0 Å². The minimum Gasteiger partial charge on any atom is -0.393 e. The summed E-state index contributed by atoms with van der Waals surface area (Å²) in [4.78, 5) is 0. The summed E-state index contributed by atoms with van der Waals surface area (Å²) in [6.07, 6.45) is 10.2. The van der Waals surface area contributed by atoms with Gasteiger partial charge in [0.15, 0.2) is 0 Å². The second-order valence-electron chi connectivity index (χ2n) is 8.08. The molecule has 0 heterocycles. The van der Waals surface area contributed by atoms with E-state index in [0.29, 0.717) is 0 Å². The first-order valence-electron chi connectivity index (χ1n) is 8.66. The average molecular weight is 276 g/mol. The molecule has 2 saturated carbocycles. The summed E-state index contributed by atoms with van der Waals surface area (Å²) in [5.41, 5.74) is 3.54. The van der Waals surface area contributed by atoms with Gasteiger partial charge in [-0.25, -0.2) is 0 Å². The van der Waals surface area contributed by atoms with E-state index in [2.05, 4.69) is 6.92 Å². The van der Waals surface area contributed by atoms with Crippen molar-refractivity contribution in [3.05, 3.63) is 11.1 Å². The van der Waals surface area contributed by atoms with E-state index in [1.165, 1.54) is 32.1 Å². The van der Waals surface area contributed by atoms with Crippen molar-refractivity contribution in [2.24, 2.45) is 23.2 Å². The van der Waals surface area contributed by atoms with Gasteiger partial charge in [0.05, 0.1) is 12.2 Å². The Bertz CT molecular complexity index is 441. The van der Waals surface area contributed by atoms with Crippen LogP contribution in [0.2, 0.25) is 0 Å². The molecular formula is C18H28O2. The molecule has 4 aliphatic rings. The Morgan fingerprint density at radius 2 is 1.85 bits per heavy atom. The van der Waals surface area contributed by atoms with Crippen LogP contribution in [0, 0.1) is 23.2 Å². The molecule has 0 aromatic heterocycles. The van der Waals surface area contributed by atoms with Crippen LogP contribution in [-0.2, 0) is 0 Å². The molecule has 2 N–H and O–H groups in total. The molecule has 0 unspecified atom stereocenters. The van der Waals surface area contributed by atoms with Gasteiger partial charge in [0.1, 0.15) is 0 Å². The maximum Gasteiger partial charge on any atom is 0.0596 e. The molecule has 4 aliphatic carbocycles. The highest BCUT2D eigenvalue weighted by molar-refractivity contribution is 5.27.